The van der Waals surface area contributed by atoms with Gasteiger partial charge in [0.05, 0.1) is 13.1 Å². The third kappa shape index (κ3) is 3.87. The van der Waals surface area contributed by atoms with Gasteiger partial charge in [-0.3, -0.25) is 14.5 Å². The fourth-order valence-corrected chi connectivity index (χ4v) is 1.63. The van der Waals surface area contributed by atoms with Crippen molar-refractivity contribution in [3.05, 3.63) is 0 Å². The lowest BCUT2D eigenvalue weighted by molar-refractivity contribution is -0.139. The Balaban J connectivity index is 2.35. The lowest BCUT2D eigenvalue weighted by Gasteiger charge is -2.23. The molecular weight excluding hydrogens is 196 g/mol. The summed E-state index contributed by atoms with van der Waals surface area (Å²) in [5, 5.41) is 8.55. The number of carbonyl (C=O) groups is 2. The van der Waals surface area contributed by atoms with E-state index >= 15 is 0 Å². The number of hydrogen-bond acceptors (Lipinski definition) is 3. The van der Waals surface area contributed by atoms with Gasteiger partial charge in [0.25, 0.3) is 0 Å². The number of rotatable bonds is 6. The first-order valence-electron chi connectivity index (χ1n) is 5.24. The highest BCUT2D eigenvalue weighted by Gasteiger charge is 2.31. The summed E-state index contributed by atoms with van der Waals surface area (Å²) in [7, 11) is 1.65. The molecule has 0 atom stereocenters. The van der Waals surface area contributed by atoms with E-state index in [0.717, 1.165) is 12.8 Å². The molecule has 0 aliphatic heterocycles. The third-order valence-electron chi connectivity index (χ3n) is 2.46. The highest BCUT2D eigenvalue weighted by molar-refractivity contribution is 5.79. The third-order valence-corrected chi connectivity index (χ3v) is 2.46. The fourth-order valence-electron chi connectivity index (χ4n) is 1.63. The Kier molecular flexibility index (Phi) is 4.08. The number of hydrogen-bond donors (Lipinski definition) is 1. The summed E-state index contributed by atoms with van der Waals surface area (Å²) in [5.41, 5.74) is 0. The van der Waals surface area contributed by atoms with E-state index in [1.165, 1.54) is 4.90 Å². The summed E-state index contributed by atoms with van der Waals surface area (Å²) in [5.74, 6) is -0.872. The maximum atomic E-state index is 11.7. The van der Waals surface area contributed by atoms with Crippen LogP contribution in [0.15, 0.2) is 0 Å². The van der Waals surface area contributed by atoms with Crippen LogP contribution in [-0.4, -0.2) is 59.5 Å². The van der Waals surface area contributed by atoms with Gasteiger partial charge in [0.15, 0.2) is 0 Å². The highest BCUT2D eigenvalue weighted by Crippen LogP contribution is 2.26. The largest absolute Gasteiger partial charge is 0.480 e. The molecule has 0 unspecified atom stereocenters. The zero-order chi connectivity index (χ0) is 11.4. The predicted molar refractivity (Wildman–Crippen MR) is 55.5 cm³/mol. The normalized spacial score (nSPS) is 15.4. The van der Waals surface area contributed by atoms with Crippen molar-refractivity contribution in [2.24, 2.45) is 0 Å². The second kappa shape index (κ2) is 5.11. The number of aliphatic carboxylic acids is 1. The molecule has 1 N–H and O–H groups in total. The summed E-state index contributed by atoms with van der Waals surface area (Å²) in [6, 6.07) is 0.403. The first-order chi connectivity index (χ1) is 7.04. The molecule has 1 amide bonds. The van der Waals surface area contributed by atoms with E-state index in [1.807, 2.05) is 11.8 Å². The van der Waals surface area contributed by atoms with Crippen molar-refractivity contribution in [1.29, 1.82) is 0 Å². The van der Waals surface area contributed by atoms with Gasteiger partial charge in [-0.25, -0.2) is 0 Å². The molecule has 0 aromatic heterocycles. The average molecular weight is 214 g/mol. The lowest BCUT2D eigenvalue weighted by atomic mass is 10.4. The van der Waals surface area contributed by atoms with Gasteiger partial charge in [-0.1, -0.05) is 0 Å². The van der Waals surface area contributed by atoms with Crippen LogP contribution < -0.4 is 0 Å². The van der Waals surface area contributed by atoms with Gasteiger partial charge < -0.3 is 10.0 Å². The summed E-state index contributed by atoms with van der Waals surface area (Å²) in [4.78, 5) is 25.5. The van der Waals surface area contributed by atoms with Crippen LogP contribution in [0.2, 0.25) is 0 Å². The molecule has 86 valence electrons. The predicted octanol–water partition coefficient (Wildman–Crippen LogP) is 0.0137. The highest BCUT2D eigenvalue weighted by atomic mass is 16.4. The number of carbonyl (C=O) groups excluding carboxylic acids is 1. The minimum Gasteiger partial charge on any atom is -0.480 e. The SMILES string of the molecule is CCN(C(=O)CN(C)CC(=O)O)C1CC1. The number of likely N-dealkylation sites (N-methyl/N-ethyl adjacent to an activating group) is 2. The van der Waals surface area contributed by atoms with E-state index in [2.05, 4.69) is 0 Å². The summed E-state index contributed by atoms with van der Waals surface area (Å²) in [6.45, 7) is 2.77. The molecule has 0 aromatic carbocycles. The van der Waals surface area contributed by atoms with Crippen LogP contribution >= 0.6 is 0 Å². The van der Waals surface area contributed by atoms with Crippen LogP contribution in [-0.2, 0) is 9.59 Å². The van der Waals surface area contributed by atoms with E-state index < -0.39 is 5.97 Å². The molecule has 15 heavy (non-hydrogen) atoms. The lowest BCUT2D eigenvalue weighted by Crippen LogP contribution is -2.41. The smallest absolute Gasteiger partial charge is 0.317 e. The Labute approximate surface area is 89.7 Å². The van der Waals surface area contributed by atoms with E-state index in [4.69, 9.17) is 5.11 Å². The molecule has 0 bridgehead atoms. The Morgan fingerprint density at radius 1 is 1.33 bits per heavy atom. The molecule has 1 rings (SSSR count). The quantitative estimate of drug-likeness (QED) is 0.677. The molecule has 1 aliphatic carbocycles. The van der Waals surface area contributed by atoms with Gasteiger partial charge in [0.1, 0.15) is 0 Å². The molecule has 0 radical (unpaired) electrons. The number of carboxylic acids is 1. The second-order valence-electron chi connectivity index (χ2n) is 3.98. The van der Waals surface area contributed by atoms with Crippen molar-refractivity contribution in [1.82, 2.24) is 9.80 Å². The van der Waals surface area contributed by atoms with Crippen LogP contribution in [0.3, 0.4) is 0 Å². The Morgan fingerprint density at radius 2 is 1.93 bits per heavy atom. The molecule has 0 aromatic rings. The monoisotopic (exact) mass is 214 g/mol. The number of amides is 1. The fraction of sp³-hybridized carbons (Fsp3) is 0.800. The molecule has 1 saturated carbocycles. The minimum atomic E-state index is -0.903. The summed E-state index contributed by atoms with van der Waals surface area (Å²) < 4.78 is 0. The average Bonchev–Trinajstić information content (AvgIpc) is 2.87. The molecule has 1 fully saturated rings. The van der Waals surface area contributed by atoms with E-state index in [1.54, 1.807) is 7.05 Å². The van der Waals surface area contributed by atoms with Crippen molar-refractivity contribution in [3.63, 3.8) is 0 Å². The van der Waals surface area contributed by atoms with E-state index in [-0.39, 0.29) is 19.0 Å². The summed E-state index contributed by atoms with van der Waals surface area (Å²) in [6.07, 6.45) is 2.17. The Bertz CT molecular complexity index is 251. The molecule has 0 spiro atoms. The number of carboxylic acid groups (broad SMARTS) is 1. The maximum Gasteiger partial charge on any atom is 0.317 e. The van der Waals surface area contributed by atoms with Crippen LogP contribution in [0.4, 0.5) is 0 Å². The van der Waals surface area contributed by atoms with Gasteiger partial charge in [-0.2, -0.15) is 0 Å². The van der Waals surface area contributed by atoms with Crippen LogP contribution in [0.5, 0.6) is 0 Å². The minimum absolute atomic E-state index is 0.0313. The van der Waals surface area contributed by atoms with E-state index in [9.17, 15) is 9.59 Å². The van der Waals surface area contributed by atoms with Crippen molar-refractivity contribution in [2.75, 3.05) is 26.7 Å². The van der Waals surface area contributed by atoms with Gasteiger partial charge in [0.2, 0.25) is 5.91 Å². The first kappa shape index (κ1) is 12.0. The molecule has 1 aliphatic rings. The van der Waals surface area contributed by atoms with Crippen molar-refractivity contribution in [2.45, 2.75) is 25.8 Å². The topological polar surface area (TPSA) is 60.9 Å². The second-order valence-corrected chi connectivity index (χ2v) is 3.98. The molecule has 0 saturated heterocycles. The zero-order valence-electron chi connectivity index (χ0n) is 9.27. The van der Waals surface area contributed by atoms with Gasteiger partial charge >= 0.3 is 5.97 Å². The van der Waals surface area contributed by atoms with E-state index in [0.29, 0.717) is 12.6 Å². The van der Waals surface area contributed by atoms with Gasteiger partial charge in [-0.05, 0) is 26.8 Å². The van der Waals surface area contributed by atoms with Crippen molar-refractivity contribution >= 4 is 11.9 Å². The van der Waals surface area contributed by atoms with Gasteiger partial charge in [-0.15, -0.1) is 0 Å². The first-order valence-corrected chi connectivity index (χ1v) is 5.24. The molecular formula is C10H18N2O3. The molecule has 5 heteroatoms. The molecule has 0 heterocycles. The Morgan fingerprint density at radius 3 is 2.33 bits per heavy atom. The standard InChI is InChI=1S/C10H18N2O3/c1-3-12(8-4-5-8)9(13)6-11(2)7-10(14)15/h8H,3-7H2,1-2H3,(H,14,15). The van der Waals surface area contributed by atoms with Crippen molar-refractivity contribution in [3.8, 4) is 0 Å². The Hall–Kier alpha value is -1.10. The zero-order valence-corrected chi connectivity index (χ0v) is 9.27. The van der Waals surface area contributed by atoms with Crippen molar-refractivity contribution < 1.29 is 14.7 Å². The number of nitrogens with zero attached hydrogens (tertiary/aromatic N) is 2. The summed E-state index contributed by atoms with van der Waals surface area (Å²) >= 11 is 0. The maximum absolute atomic E-state index is 11.7. The van der Waals surface area contributed by atoms with Crippen LogP contribution in [0.25, 0.3) is 0 Å². The van der Waals surface area contributed by atoms with Crippen LogP contribution in [0.1, 0.15) is 19.8 Å². The molecule has 5 nitrogen and oxygen atoms in total. The van der Waals surface area contributed by atoms with Crippen LogP contribution in [0, 0.1) is 0 Å². The van der Waals surface area contributed by atoms with Gasteiger partial charge in [0, 0.05) is 12.6 Å².